The topological polar surface area (TPSA) is 282 Å². The maximum absolute atomic E-state index is 14.2. The Morgan fingerprint density at radius 3 is 1.90 bits per heavy atom. The molecule has 30 heteroatoms. The number of H-pyrrole nitrogens is 1. The van der Waals surface area contributed by atoms with Crippen molar-refractivity contribution in [2.75, 3.05) is 19.4 Å². The largest absolute Gasteiger partial charge is 0.498 e. The smallest absolute Gasteiger partial charge is 0.444 e. The lowest BCUT2D eigenvalue weighted by molar-refractivity contribution is 0.00578. The van der Waals surface area contributed by atoms with E-state index < -0.39 is 89.3 Å². The number of amides is 1. The molecule has 4 atom stereocenters. The van der Waals surface area contributed by atoms with Crippen LogP contribution in [-0.4, -0.2) is 151 Å². The molecular weight excluding hydrogens is 1470 g/mol. The normalized spacial score (nSPS) is 18.1. The van der Waals surface area contributed by atoms with E-state index in [1.165, 1.54) is 25.0 Å². The summed E-state index contributed by atoms with van der Waals surface area (Å²) < 4.78 is 116. The van der Waals surface area contributed by atoms with Crippen molar-refractivity contribution in [3.05, 3.63) is 170 Å². The average Bonchev–Trinajstić information content (AvgIpc) is 1.59. The van der Waals surface area contributed by atoms with Crippen molar-refractivity contribution in [2.24, 2.45) is 10.7 Å². The molecule has 3 fully saturated rings. The predicted octanol–water partition coefficient (Wildman–Crippen LogP) is 17.1. The summed E-state index contributed by atoms with van der Waals surface area (Å²) in [4.78, 5) is 49.3. The summed E-state index contributed by atoms with van der Waals surface area (Å²) >= 11 is 0. The lowest BCUT2D eigenvalue weighted by Crippen LogP contribution is -2.48. The molecule has 0 radical (unpaired) electrons. The van der Waals surface area contributed by atoms with E-state index in [1.54, 1.807) is 51.9 Å². The summed E-state index contributed by atoms with van der Waals surface area (Å²) in [5.41, 5.74) is 16.2. The minimum absolute atomic E-state index is 0. The van der Waals surface area contributed by atoms with Crippen molar-refractivity contribution < 1.29 is 63.3 Å². The zero-order chi connectivity index (χ0) is 80.0. The fraction of sp³-hybridized carbons (Fsp3) is 0.427. The van der Waals surface area contributed by atoms with Gasteiger partial charge in [0.25, 0.3) is 10.1 Å². The number of allylic oxidation sites excluding steroid dienone is 1. The number of rotatable bonds is 16. The lowest BCUT2D eigenvalue weighted by atomic mass is 9.82. The van der Waals surface area contributed by atoms with Crippen LogP contribution in [0, 0.1) is 23.3 Å². The van der Waals surface area contributed by atoms with Gasteiger partial charge in [-0.2, -0.15) is 23.3 Å². The number of carbonyl (C=O) groups excluding carboxylic acids is 2. The van der Waals surface area contributed by atoms with Gasteiger partial charge in [-0.25, -0.2) is 37.1 Å². The summed E-state index contributed by atoms with van der Waals surface area (Å²) in [7, 11) is -5.29. The van der Waals surface area contributed by atoms with Crippen LogP contribution in [0.3, 0.4) is 0 Å². The third kappa shape index (κ3) is 22.0. The molecule has 0 spiro atoms. The quantitative estimate of drug-likeness (QED) is 0.0351. The summed E-state index contributed by atoms with van der Waals surface area (Å²) in [6.45, 7) is 27.2. The molecule has 4 aliphatic rings. The third-order valence-electron chi connectivity index (χ3n) is 19.5. The first-order valence-electron chi connectivity index (χ1n) is 37.2. The van der Waals surface area contributed by atoms with Crippen molar-refractivity contribution in [1.82, 2.24) is 54.4 Å². The third-order valence-corrected chi connectivity index (χ3v) is 21.8. The number of aromatic amines is 1. The van der Waals surface area contributed by atoms with Crippen LogP contribution in [0.2, 0.25) is 25.7 Å². The highest BCUT2D eigenvalue weighted by Crippen LogP contribution is 2.39. The van der Waals surface area contributed by atoms with Gasteiger partial charge in [0.05, 0.1) is 94.9 Å². The summed E-state index contributed by atoms with van der Waals surface area (Å²) in [5.74, 6) is -3.57. The second-order valence-electron chi connectivity index (χ2n) is 32.4. The molecule has 2 aliphatic carbocycles. The monoisotopic (exact) mass is 1580 g/mol. The Balaban J connectivity index is 0.000000164. The van der Waals surface area contributed by atoms with Crippen LogP contribution >= 0.6 is 0 Å². The highest BCUT2D eigenvalue weighted by atomic mass is 32.2. The number of nitrogens with two attached hydrogens (primary N) is 1. The number of benzene rings is 4. The van der Waals surface area contributed by atoms with Crippen molar-refractivity contribution in [3.8, 4) is 56.2 Å². The molecule has 23 nitrogen and oxygen atoms in total. The van der Waals surface area contributed by atoms with E-state index in [4.69, 9.17) is 33.4 Å². The van der Waals surface area contributed by atoms with Gasteiger partial charge in [0.1, 0.15) is 17.9 Å². The Morgan fingerprint density at radius 2 is 1.27 bits per heavy atom. The first-order valence-corrected chi connectivity index (χ1v) is 42.7. The van der Waals surface area contributed by atoms with E-state index in [0.717, 1.165) is 122 Å². The molecule has 0 bridgehead atoms. The number of fused-ring (bicyclic) bond motifs is 2. The first-order chi connectivity index (χ1) is 52.3. The number of nitrogens with zero attached hydrogens (tertiary/aromatic N) is 10. The minimum atomic E-state index is -3.52. The van der Waals surface area contributed by atoms with Gasteiger partial charge in [-0.3, -0.25) is 23.8 Å². The SMILES string of the molecule is C.CC(C)(C)OC(=O)N[C@@H]1CCCCC1OS(C)(=O)=O.CC(C)(C)OC(=O)n1cc(B2OC(C)(C)C(C)(C)O2)cn1.C[Si](C)(C)CCOCn1cnc(-c2ccc3ncc(C4=CCN=C4)cc3c2)c1-c1ccc(F)c(F)c1.N[C@@H]1CCCC[C@H]1n1cc(-c2cnc3ccc(-c4[nH]cnc4-c4ccc(F)c(F)c4)cc3c2)cn1. The van der Waals surface area contributed by atoms with Crippen molar-refractivity contribution in [3.63, 3.8) is 0 Å². The molecule has 596 valence electrons. The zero-order valence-electron chi connectivity index (χ0n) is 65.3. The van der Waals surface area contributed by atoms with Gasteiger partial charge in [-0.15, -0.1) is 0 Å². The van der Waals surface area contributed by atoms with Gasteiger partial charge in [-0.1, -0.05) is 71.0 Å². The Hall–Kier alpha value is -9.56. The molecule has 1 saturated heterocycles. The van der Waals surface area contributed by atoms with E-state index in [0.29, 0.717) is 59.7 Å². The zero-order valence-corrected chi connectivity index (χ0v) is 67.1. The fourth-order valence-electron chi connectivity index (χ4n) is 13.0. The number of halogens is 4. The second kappa shape index (κ2) is 35.2. The number of ether oxygens (including phenoxy) is 3. The summed E-state index contributed by atoms with van der Waals surface area (Å²) in [6, 6.07) is 24.8. The Morgan fingerprint density at radius 1 is 0.679 bits per heavy atom. The predicted molar refractivity (Wildman–Crippen MR) is 433 cm³/mol. The van der Waals surface area contributed by atoms with Crippen molar-refractivity contribution in [1.29, 1.82) is 0 Å². The highest BCUT2D eigenvalue weighted by Gasteiger charge is 2.52. The lowest BCUT2D eigenvalue weighted by Gasteiger charge is -2.32. The van der Waals surface area contributed by atoms with E-state index in [-0.39, 0.29) is 32.3 Å². The van der Waals surface area contributed by atoms with E-state index in [9.17, 15) is 35.6 Å². The number of hydrogen-bond acceptors (Lipinski definition) is 18. The van der Waals surface area contributed by atoms with Crippen LogP contribution in [0.15, 0.2) is 146 Å². The standard InChI is InChI=1S/C28H28F2N4OSi.C27H24F2N6.C14H23BN2O4.C12H23NO5S.CH4/c1-36(2,3)11-10-35-18-34-17-33-27(28(34)20-4-6-24(29)25(30)14-20)19-5-7-26-22(12-19)13-23(16-32-26)21-8-9-31-15-21;28-21-7-5-17(11-22(21)29)27-26(32-15-33-27)16-6-8-24-18(9-16)10-19(12-31-24)20-13-34-35(14-20)25-4-2-1-3-23(25)30;1-12(2,3)19-11(18)17-9-10(8-16-17)15-20-13(4,5)14(6,7)21-15;1-12(2,3)17-11(14)13-9-7-5-6-8-10(9)18-19(4,15)16;/h4-8,12-17H,9-11,18H2,1-3H3;5-15,23,25H,1-4,30H2,(H,32,33);8-9H,1-7H3;9-10H,5-8H2,1-4H3,(H,13,14);1H4/t;23-,25-;;9-,10?;/m.1.1./s1. The van der Waals surface area contributed by atoms with Crippen molar-refractivity contribution in [2.45, 2.75) is 207 Å². The Bertz CT molecular complexity index is 5150. The van der Waals surface area contributed by atoms with Crippen LogP contribution in [0.1, 0.15) is 140 Å². The summed E-state index contributed by atoms with van der Waals surface area (Å²) in [6.07, 6.45) is 25.0. The van der Waals surface area contributed by atoms with Crippen molar-refractivity contribution >= 4 is 76.6 Å². The Labute approximate surface area is 653 Å². The van der Waals surface area contributed by atoms with Crippen LogP contribution in [0.4, 0.5) is 27.2 Å². The minimum Gasteiger partial charge on any atom is -0.444 e. The molecule has 14 rings (SSSR count). The number of imidazole rings is 2. The van der Waals surface area contributed by atoms with Gasteiger partial charge >= 0.3 is 19.3 Å². The molecule has 4 aromatic carbocycles. The van der Waals surface area contributed by atoms with Gasteiger partial charge in [0, 0.05) is 113 Å². The van der Waals surface area contributed by atoms with Crippen LogP contribution in [0.5, 0.6) is 0 Å². The highest BCUT2D eigenvalue weighted by molar-refractivity contribution is 7.86. The molecular formula is C82H102BF4N13O10SSi. The Kier molecular flexibility index (Phi) is 26.7. The summed E-state index contributed by atoms with van der Waals surface area (Å²) in [5, 5.41) is 13.2. The molecule has 2 saturated carbocycles. The van der Waals surface area contributed by atoms with Gasteiger partial charge in [0.15, 0.2) is 23.3 Å². The fourth-order valence-corrected chi connectivity index (χ4v) is 14.5. The van der Waals surface area contributed by atoms with Gasteiger partial charge in [-0.05, 0) is 179 Å². The van der Waals surface area contributed by atoms with E-state index >= 15 is 0 Å². The van der Waals surface area contributed by atoms with Crippen LogP contribution in [-0.2, 0) is 44.6 Å². The molecule has 112 heavy (non-hydrogen) atoms. The number of carbonyl (C=O) groups is 2. The number of alkyl carbamates (subject to hydrolysis) is 1. The van der Waals surface area contributed by atoms with Crippen LogP contribution in [0.25, 0.3) is 83.5 Å². The molecule has 4 N–H and O–H groups in total. The maximum atomic E-state index is 14.2. The van der Waals surface area contributed by atoms with E-state index in [2.05, 4.69) is 89.5 Å². The number of hydrogen-bond donors (Lipinski definition) is 3. The molecule has 10 aromatic rings. The number of aliphatic imine (C=N–C) groups is 1. The second-order valence-corrected chi connectivity index (χ2v) is 39.7. The number of nitrogens with one attached hydrogen (secondary N) is 2. The molecule has 2 aliphatic heterocycles. The number of aromatic nitrogens is 10. The molecule has 1 amide bonds. The molecule has 1 unspecified atom stereocenters. The van der Waals surface area contributed by atoms with Gasteiger partial charge < -0.3 is 44.1 Å². The van der Waals surface area contributed by atoms with Gasteiger partial charge in [0.2, 0.25) is 0 Å². The molecule has 8 heterocycles. The first kappa shape index (κ1) is 84.9. The van der Waals surface area contributed by atoms with E-state index in [1.807, 2.05) is 119 Å². The molecule has 6 aromatic heterocycles. The number of pyridine rings is 2. The average molecular weight is 1580 g/mol. The van der Waals surface area contributed by atoms with Crippen LogP contribution < -0.4 is 16.5 Å². The maximum Gasteiger partial charge on any atom is 0.498 e.